The van der Waals surface area contributed by atoms with E-state index < -0.39 is 35.4 Å². The van der Waals surface area contributed by atoms with Gasteiger partial charge in [0.15, 0.2) is 0 Å². The fourth-order valence-electron chi connectivity index (χ4n) is 3.34. The minimum absolute atomic E-state index is 0.0853. The number of anilines is 1. The molecule has 2 aromatic heterocycles. The van der Waals surface area contributed by atoms with Gasteiger partial charge in [-0.3, -0.25) is 5.41 Å². The number of hydrogen-bond donors (Lipinski definition) is 5. The number of nitrogens with zero attached hydrogens (tertiary/aromatic N) is 3. The predicted molar refractivity (Wildman–Crippen MR) is 122 cm³/mol. The number of hydrogen-bond acceptors (Lipinski definition) is 6. The summed E-state index contributed by atoms with van der Waals surface area (Å²) in [6.07, 6.45) is -1.21. The maximum Gasteiger partial charge on any atom is 0.451 e. The first kappa shape index (κ1) is 25.9. The highest BCUT2D eigenvalue weighted by Crippen LogP contribution is 2.41. The molecule has 3 rings (SSSR count). The molecule has 1 atom stereocenters. The van der Waals surface area contributed by atoms with Crippen LogP contribution in [0.1, 0.15) is 36.5 Å². The summed E-state index contributed by atoms with van der Waals surface area (Å²) in [6.45, 7) is 1.77. The molecule has 2 heterocycles. The molecule has 0 saturated heterocycles. The number of allylic oxidation sites excluding steroid dienone is 1. The second kappa shape index (κ2) is 10.3. The number of benzene rings is 1. The van der Waals surface area contributed by atoms with E-state index >= 15 is 0 Å². The molecule has 0 aliphatic rings. The molecule has 6 N–H and O–H groups in total. The molecule has 0 spiro atoms. The molecule has 1 aromatic carbocycles. The SMILES string of the molecule is CCC(/C(=C/Nc1cc(F)ccc1F)N=N)c1[nH]c(C(=N)N)c(-c2cnc(C(F)(F)F)nc2)c1Br. The molecule has 0 bridgehead atoms. The van der Waals surface area contributed by atoms with E-state index in [1.807, 2.05) is 0 Å². The minimum atomic E-state index is -4.72. The zero-order valence-corrected chi connectivity index (χ0v) is 19.5. The van der Waals surface area contributed by atoms with Crippen molar-refractivity contribution in [3.63, 3.8) is 0 Å². The normalized spacial score (nSPS) is 12.9. The third kappa shape index (κ3) is 5.53. The van der Waals surface area contributed by atoms with Gasteiger partial charge in [-0.15, -0.1) is 0 Å². The first-order chi connectivity index (χ1) is 16.5. The van der Waals surface area contributed by atoms with Gasteiger partial charge in [0.1, 0.15) is 17.5 Å². The lowest BCUT2D eigenvalue weighted by molar-refractivity contribution is -0.144. The Labute approximate surface area is 204 Å². The van der Waals surface area contributed by atoms with Crippen LogP contribution in [0.2, 0.25) is 0 Å². The molecule has 1 unspecified atom stereocenters. The molecule has 0 radical (unpaired) electrons. The smallest absolute Gasteiger partial charge is 0.382 e. The van der Waals surface area contributed by atoms with E-state index in [9.17, 15) is 22.0 Å². The maximum absolute atomic E-state index is 14.0. The molecule has 35 heavy (non-hydrogen) atoms. The highest BCUT2D eigenvalue weighted by molar-refractivity contribution is 9.10. The topological polar surface area (TPSA) is 140 Å². The van der Waals surface area contributed by atoms with E-state index in [2.05, 4.69) is 41.3 Å². The van der Waals surface area contributed by atoms with Crippen LogP contribution in [0.5, 0.6) is 0 Å². The number of aromatic nitrogens is 3. The Morgan fingerprint density at radius 3 is 2.49 bits per heavy atom. The molecule has 0 aliphatic heterocycles. The number of nitrogens with one attached hydrogen (secondary N) is 4. The van der Waals surface area contributed by atoms with Crippen LogP contribution in [-0.2, 0) is 6.18 Å². The number of amidine groups is 1. The lowest BCUT2D eigenvalue weighted by Gasteiger charge is -2.15. The number of rotatable bonds is 8. The molecular weight excluding hydrogens is 539 g/mol. The molecule has 0 amide bonds. The van der Waals surface area contributed by atoms with Crippen molar-refractivity contribution in [1.29, 1.82) is 10.9 Å². The van der Waals surface area contributed by atoms with Gasteiger partial charge in [0.25, 0.3) is 0 Å². The molecule has 0 saturated carbocycles. The van der Waals surface area contributed by atoms with Crippen LogP contribution in [0, 0.1) is 22.6 Å². The molecular formula is C21H18BrF5N8. The third-order valence-corrected chi connectivity index (χ3v) is 5.80. The summed E-state index contributed by atoms with van der Waals surface area (Å²) in [5.41, 5.74) is 14.1. The van der Waals surface area contributed by atoms with E-state index in [-0.39, 0.29) is 28.2 Å². The minimum Gasteiger partial charge on any atom is -0.382 e. The van der Waals surface area contributed by atoms with Crippen molar-refractivity contribution in [3.8, 4) is 11.1 Å². The molecule has 3 aromatic rings. The van der Waals surface area contributed by atoms with Gasteiger partial charge in [-0.25, -0.2) is 24.3 Å². The van der Waals surface area contributed by atoms with Crippen molar-refractivity contribution >= 4 is 27.5 Å². The monoisotopic (exact) mass is 556 g/mol. The fraction of sp³-hybridized carbons (Fsp3) is 0.190. The number of alkyl halides is 3. The van der Waals surface area contributed by atoms with Gasteiger partial charge >= 0.3 is 6.18 Å². The quantitative estimate of drug-likeness (QED) is 0.0961. The van der Waals surface area contributed by atoms with Crippen LogP contribution < -0.4 is 11.1 Å². The van der Waals surface area contributed by atoms with Crippen molar-refractivity contribution < 1.29 is 22.0 Å². The van der Waals surface area contributed by atoms with Gasteiger partial charge in [0.05, 0.1) is 17.1 Å². The van der Waals surface area contributed by atoms with Gasteiger partial charge in [-0.1, -0.05) is 6.92 Å². The Balaban J connectivity index is 2.06. The van der Waals surface area contributed by atoms with Crippen LogP contribution in [0.4, 0.5) is 27.6 Å². The number of nitrogens with two attached hydrogens (primary N) is 1. The first-order valence-electron chi connectivity index (χ1n) is 9.92. The highest BCUT2D eigenvalue weighted by Gasteiger charge is 2.35. The van der Waals surface area contributed by atoms with Crippen LogP contribution in [0.15, 0.2) is 52.1 Å². The third-order valence-electron chi connectivity index (χ3n) is 4.98. The largest absolute Gasteiger partial charge is 0.451 e. The van der Waals surface area contributed by atoms with Gasteiger partial charge < -0.3 is 16.0 Å². The van der Waals surface area contributed by atoms with Crippen LogP contribution in [-0.4, -0.2) is 20.8 Å². The first-order valence-corrected chi connectivity index (χ1v) is 10.7. The van der Waals surface area contributed by atoms with Crippen molar-refractivity contribution in [2.75, 3.05) is 5.32 Å². The molecule has 0 fully saturated rings. The summed E-state index contributed by atoms with van der Waals surface area (Å²) in [5.74, 6) is -3.74. The Hall–Kier alpha value is -3.68. The second-order valence-corrected chi connectivity index (χ2v) is 8.01. The Bertz CT molecular complexity index is 1280. The number of aromatic amines is 1. The summed E-state index contributed by atoms with van der Waals surface area (Å²) in [6, 6.07) is 2.84. The van der Waals surface area contributed by atoms with Crippen molar-refractivity contribution in [2.45, 2.75) is 25.4 Å². The lowest BCUT2D eigenvalue weighted by atomic mass is 9.98. The van der Waals surface area contributed by atoms with E-state index in [1.165, 1.54) is 6.20 Å². The van der Waals surface area contributed by atoms with Crippen LogP contribution in [0.25, 0.3) is 11.1 Å². The Morgan fingerprint density at radius 2 is 1.94 bits per heavy atom. The summed E-state index contributed by atoms with van der Waals surface area (Å²) < 4.78 is 66.3. The van der Waals surface area contributed by atoms with Gasteiger partial charge in [0.2, 0.25) is 5.82 Å². The fourth-order valence-corrected chi connectivity index (χ4v) is 4.15. The van der Waals surface area contributed by atoms with Crippen LogP contribution in [0.3, 0.4) is 0 Å². The zero-order valence-electron chi connectivity index (χ0n) is 17.9. The second-order valence-electron chi connectivity index (χ2n) is 7.22. The molecule has 8 nitrogen and oxygen atoms in total. The van der Waals surface area contributed by atoms with Gasteiger partial charge in [0, 0.05) is 51.9 Å². The lowest BCUT2D eigenvalue weighted by Crippen LogP contribution is -2.14. The average molecular weight is 557 g/mol. The molecule has 14 heteroatoms. The standard InChI is InChI=1S/C21H18BrF5N8/c1-2-11(14(35-30)8-31-13-5-10(23)3-4-12(13)24)17-16(22)15(18(34-17)19(28)29)9-6-32-20(33-7-9)21(25,26)27/h3-8,11,30-31,34H,2H2,1H3,(H3,28,29)/b14-8-,35-30?. The van der Waals surface area contributed by atoms with E-state index in [0.29, 0.717) is 16.6 Å². The number of nitrogen functional groups attached to an aromatic ring is 1. The summed E-state index contributed by atoms with van der Waals surface area (Å²) in [7, 11) is 0. The predicted octanol–water partition coefficient (Wildman–Crippen LogP) is 6.29. The summed E-state index contributed by atoms with van der Waals surface area (Å²) in [5, 5.41) is 14.0. The van der Waals surface area contributed by atoms with E-state index in [1.54, 1.807) is 6.92 Å². The zero-order chi connectivity index (χ0) is 25.9. The van der Waals surface area contributed by atoms with Gasteiger partial charge in [-0.05, 0) is 34.5 Å². The van der Waals surface area contributed by atoms with Crippen LogP contribution >= 0.6 is 15.9 Å². The molecule has 184 valence electrons. The van der Waals surface area contributed by atoms with E-state index in [0.717, 1.165) is 30.6 Å². The highest BCUT2D eigenvalue weighted by atomic mass is 79.9. The number of H-pyrrole nitrogens is 1. The average Bonchev–Trinajstić information content (AvgIpc) is 3.15. The summed E-state index contributed by atoms with van der Waals surface area (Å²) >= 11 is 3.40. The molecule has 0 aliphatic carbocycles. The van der Waals surface area contributed by atoms with E-state index in [4.69, 9.17) is 16.7 Å². The van der Waals surface area contributed by atoms with Gasteiger partial charge in [-0.2, -0.15) is 18.3 Å². The summed E-state index contributed by atoms with van der Waals surface area (Å²) in [4.78, 5) is 9.66. The Morgan fingerprint density at radius 1 is 1.29 bits per heavy atom. The van der Waals surface area contributed by atoms with Crippen molar-refractivity contribution in [2.24, 2.45) is 10.8 Å². The Kier molecular flexibility index (Phi) is 7.63. The van der Waals surface area contributed by atoms with Crippen molar-refractivity contribution in [1.82, 2.24) is 15.0 Å². The maximum atomic E-state index is 14.0. The number of halogens is 6. The van der Waals surface area contributed by atoms with Crippen molar-refractivity contribution in [3.05, 3.63) is 75.8 Å².